The largest absolute Gasteiger partial charge is 0.504 e. The predicted molar refractivity (Wildman–Crippen MR) is 125 cm³/mol. The van der Waals surface area contributed by atoms with Crippen molar-refractivity contribution < 1.29 is 23.5 Å². The molecule has 0 radical (unpaired) electrons. The van der Waals surface area contributed by atoms with Crippen molar-refractivity contribution in [2.45, 2.75) is 96.7 Å². The van der Waals surface area contributed by atoms with E-state index in [-0.39, 0.29) is 29.1 Å². The minimum Gasteiger partial charge on any atom is -0.504 e. The molecule has 1 aliphatic carbocycles. The molecule has 174 valence electrons. The average Bonchev–Trinajstić information content (AvgIpc) is 2.93. The molecule has 0 bridgehead atoms. The van der Waals surface area contributed by atoms with Gasteiger partial charge in [-0.2, -0.15) is 0 Å². The number of esters is 1. The van der Waals surface area contributed by atoms with Crippen LogP contribution in [0.25, 0.3) is 0 Å². The van der Waals surface area contributed by atoms with Gasteiger partial charge in [0.25, 0.3) is 8.32 Å². The van der Waals surface area contributed by atoms with Crippen molar-refractivity contribution in [3.05, 3.63) is 35.4 Å². The molecular formula is C24H39NO5Si. The van der Waals surface area contributed by atoms with Crippen LogP contribution >= 0.6 is 0 Å². The maximum absolute atomic E-state index is 12.7. The second-order valence-electron chi connectivity index (χ2n) is 10.9. The van der Waals surface area contributed by atoms with E-state index in [4.69, 9.17) is 13.9 Å². The highest BCUT2D eigenvalue weighted by Gasteiger charge is 2.42. The summed E-state index contributed by atoms with van der Waals surface area (Å²) in [5, 5.41) is 3.01. The fourth-order valence-electron chi connectivity index (χ4n) is 3.30. The number of rotatable bonds is 6. The second-order valence-corrected chi connectivity index (χ2v) is 15.6. The quantitative estimate of drug-likeness (QED) is 0.479. The lowest BCUT2D eigenvalue weighted by molar-refractivity contribution is -0.167. The van der Waals surface area contributed by atoms with Gasteiger partial charge in [0.15, 0.2) is 6.10 Å². The molecule has 1 aromatic rings. The zero-order valence-corrected chi connectivity index (χ0v) is 21.5. The summed E-state index contributed by atoms with van der Waals surface area (Å²) in [6.07, 6.45) is -0.362. The summed E-state index contributed by atoms with van der Waals surface area (Å²) in [6, 6.07) is 7.96. The van der Waals surface area contributed by atoms with Crippen molar-refractivity contribution in [3.8, 4) is 0 Å². The number of carbonyl (C=O) groups excluding carboxylic acids is 2. The van der Waals surface area contributed by atoms with E-state index in [0.717, 1.165) is 5.56 Å². The standard InChI is InChI=1S/C24H39NO5Si/c1-16(21(26)29-23(2,3)4)28-15-19-18-13-11-10-12-17(18)14-20(19)25-22(27)30-31(8,9)24(5,6)7/h10-13,16,19-20H,14-15H2,1-9H3,(H,25,27)/t16-,19-,20-/m1/s1. The molecule has 0 aliphatic heterocycles. The van der Waals surface area contributed by atoms with Crippen molar-refractivity contribution in [2.75, 3.05) is 6.61 Å². The van der Waals surface area contributed by atoms with Gasteiger partial charge in [-0.3, -0.25) is 0 Å². The summed E-state index contributed by atoms with van der Waals surface area (Å²) in [4.78, 5) is 25.0. The van der Waals surface area contributed by atoms with Gasteiger partial charge >= 0.3 is 12.1 Å². The molecule has 1 N–H and O–H groups in total. The van der Waals surface area contributed by atoms with Crippen LogP contribution in [-0.4, -0.2) is 44.7 Å². The molecule has 0 unspecified atom stereocenters. The monoisotopic (exact) mass is 449 g/mol. The highest BCUT2D eigenvalue weighted by Crippen LogP contribution is 2.37. The SMILES string of the molecule is C[C@@H](OC[C@@H]1c2ccccc2C[C@H]1NC(=O)O[Si](C)(C)C(C)(C)C)C(=O)OC(C)(C)C. The number of nitrogens with one attached hydrogen (secondary N) is 1. The molecule has 31 heavy (non-hydrogen) atoms. The third-order valence-electron chi connectivity index (χ3n) is 6.10. The van der Waals surface area contributed by atoms with E-state index in [1.807, 2.05) is 32.9 Å². The van der Waals surface area contributed by atoms with Crippen LogP contribution in [0, 0.1) is 0 Å². The van der Waals surface area contributed by atoms with Crippen molar-refractivity contribution in [1.29, 1.82) is 0 Å². The summed E-state index contributed by atoms with van der Waals surface area (Å²) in [5.74, 6) is -0.450. The molecule has 0 saturated carbocycles. The zero-order chi connectivity index (χ0) is 23.6. The van der Waals surface area contributed by atoms with E-state index in [2.05, 4.69) is 51.3 Å². The van der Waals surface area contributed by atoms with Crippen LogP contribution in [0.3, 0.4) is 0 Å². The topological polar surface area (TPSA) is 73.9 Å². The third kappa shape index (κ3) is 6.81. The lowest BCUT2D eigenvalue weighted by atomic mass is 9.99. The first-order chi connectivity index (χ1) is 14.1. The smallest absolute Gasteiger partial charge is 0.393 e. The van der Waals surface area contributed by atoms with Crippen LogP contribution in [0.2, 0.25) is 18.1 Å². The number of hydrogen-bond donors (Lipinski definition) is 1. The number of fused-ring (bicyclic) bond motifs is 1. The van der Waals surface area contributed by atoms with E-state index in [1.165, 1.54) is 5.56 Å². The van der Waals surface area contributed by atoms with Gasteiger partial charge in [-0.1, -0.05) is 45.0 Å². The van der Waals surface area contributed by atoms with Crippen LogP contribution in [0.4, 0.5) is 4.79 Å². The van der Waals surface area contributed by atoms with Crippen molar-refractivity contribution in [1.82, 2.24) is 5.32 Å². The number of hydrogen-bond acceptors (Lipinski definition) is 5. The lowest BCUT2D eigenvalue weighted by Crippen LogP contribution is -2.48. The van der Waals surface area contributed by atoms with Gasteiger partial charge in [-0.25, -0.2) is 9.59 Å². The number of carbonyl (C=O) groups is 2. The molecule has 3 atom stereocenters. The Balaban J connectivity index is 2.08. The van der Waals surface area contributed by atoms with Crippen molar-refractivity contribution >= 4 is 20.4 Å². The molecule has 6 nitrogen and oxygen atoms in total. The molecule has 1 aromatic carbocycles. The Morgan fingerprint density at radius 3 is 2.32 bits per heavy atom. The Hall–Kier alpha value is -1.86. The highest BCUT2D eigenvalue weighted by atomic mass is 28.4. The predicted octanol–water partition coefficient (Wildman–Crippen LogP) is 5.17. The van der Waals surface area contributed by atoms with Gasteiger partial charge in [-0.15, -0.1) is 0 Å². The molecule has 1 aliphatic rings. The fraction of sp³-hybridized carbons (Fsp3) is 0.667. The van der Waals surface area contributed by atoms with Crippen LogP contribution in [-0.2, 0) is 25.1 Å². The number of amides is 1. The Kier molecular flexibility index (Phi) is 7.64. The highest BCUT2D eigenvalue weighted by molar-refractivity contribution is 6.75. The van der Waals surface area contributed by atoms with Crippen LogP contribution in [0.15, 0.2) is 24.3 Å². The van der Waals surface area contributed by atoms with E-state index in [1.54, 1.807) is 6.92 Å². The van der Waals surface area contributed by atoms with E-state index in [9.17, 15) is 9.59 Å². The summed E-state index contributed by atoms with van der Waals surface area (Å²) in [7, 11) is -2.22. The number of ether oxygens (including phenoxy) is 2. The van der Waals surface area contributed by atoms with Crippen molar-refractivity contribution in [2.24, 2.45) is 0 Å². The first kappa shape index (κ1) is 25.4. The minimum atomic E-state index is -2.22. The molecule has 0 saturated heterocycles. The fourth-order valence-corrected chi connectivity index (χ4v) is 4.13. The van der Waals surface area contributed by atoms with Crippen LogP contribution in [0.1, 0.15) is 65.5 Å². The third-order valence-corrected chi connectivity index (χ3v) is 10.4. The molecule has 0 spiro atoms. The molecule has 0 aromatic heterocycles. The maximum Gasteiger partial charge on any atom is 0.393 e. The van der Waals surface area contributed by atoms with Gasteiger partial charge in [0.2, 0.25) is 0 Å². The normalized spacial score (nSPS) is 20.0. The van der Waals surface area contributed by atoms with Gasteiger partial charge in [0, 0.05) is 12.0 Å². The average molecular weight is 450 g/mol. The minimum absolute atomic E-state index is 0.0612. The first-order valence-electron chi connectivity index (χ1n) is 11.0. The molecule has 1 amide bonds. The van der Waals surface area contributed by atoms with Gasteiger partial charge in [0.05, 0.1) is 6.61 Å². The molecule has 2 rings (SSSR count). The van der Waals surface area contributed by atoms with Crippen LogP contribution in [0.5, 0.6) is 0 Å². The lowest BCUT2D eigenvalue weighted by Gasteiger charge is -2.36. The summed E-state index contributed by atoms with van der Waals surface area (Å²) in [6.45, 7) is 17.9. The Morgan fingerprint density at radius 2 is 1.74 bits per heavy atom. The first-order valence-corrected chi connectivity index (χ1v) is 13.9. The van der Waals surface area contributed by atoms with E-state index in [0.29, 0.717) is 13.0 Å². The van der Waals surface area contributed by atoms with E-state index >= 15 is 0 Å². The summed E-state index contributed by atoms with van der Waals surface area (Å²) < 4.78 is 17.2. The van der Waals surface area contributed by atoms with Gasteiger partial charge in [0.1, 0.15) is 5.60 Å². The molecule has 7 heteroatoms. The molecular weight excluding hydrogens is 410 g/mol. The Labute approximate surface area is 188 Å². The Morgan fingerprint density at radius 1 is 1.13 bits per heavy atom. The van der Waals surface area contributed by atoms with Crippen LogP contribution < -0.4 is 5.32 Å². The van der Waals surface area contributed by atoms with E-state index < -0.39 is 20.0 Å². The summed E-state index contributed by atoms with van der Waals surface area (Å²) in [5.41, 5.74) is 1.75. The van der Waals surface area contributed by atoms with Gasteiger partial charge < -0.3 is 19.2 Å². The maximum atomic E-state index is 12.7. The zero-order valence-electron chi connectivity index (χ0n) is 20.5. The number of benzene rings is 1. The molecule has 0 heterocycles. The van der Waals surface area contributed by atoms with Crippen molar-refractivity contribution in [3.63, 3.8) is 0 Å². The van der Waals surface area contributed by atoms with Gasteiger partial charge in [-0.05, 0) is 63.4 Å². The molecule has 0 fully saturated rings. The Bertz CT molecular complexity index is 794. The second kappa shape index (κ2) is 9.33. The summed E-state index contributed by atoms with van der Waals surface area (Å²) >= 11 is 0.